The van der Waals surface area contributed by atoms with Gasteiger partial charge in [-0.05, 0) is 6.07 Å². The molecular weight excluding hydrogens is 354 g/mol. The van der Waals surface area contributed by atoms with Crippen LogP contribution < -0.4 is 0 Å². The minimum absolute atomic E-state index is 0.107. The number of thiazole rings is 1. The molecule has 0 amide bonds. The number of aliphatic hydroxyl groups excluding tert-OH is 1. The summed E-state index contributed by atoms with van der Waals surface area (Å²) in [6, 6.07) is 7.05. The van der Waals surface area contributed by atoms with E-state index in [-0.39, 0.29) is 5.92 Å². The van der Waals surface area contributed by atoms with Crippen molar-refractivity contribution in [3.8, 4) is 0 Å². The smallest absolute Gasteiger partial charge is 0.416 e. The average molecular weight is 373 g/mol. The molecule has 2 aromatic heterocycles. The van der Waals surface area contributed by atoms with Gasteiger partial charge in [0.05, 0.1) is 11.2 Å². The molecule has 0 aliphatic heterocycles. The van der Waals surface area contributed by atoms with Gasteiger partial charge in [0.25, 0.3) is 0 Å². The number of nitrogens with zero attached hydrogens (tertiary/aromatic N) is 3. The molecule has 0 fully saturated rings. The summed E-state index contributed by atoms with van der Waals surface area (Å²) in [6.07, 6.45) is -0.699. The van der Waals surface area contributed by atoms with Gasteiger partial charge < -0.3 is 15.1 Å². The zero-order chi connectivity index (χ0) is 18.8. The Bertz CT molecular complexity index is 974. The Morgan fingerprint density at radius 3 is 2.73 bits per heavy atom. The molecule has 0 aliphatic rings. The average Bonchev–Trinajstić information content (AvgIpc) is 3.24. The van der Waals surface area contributed by atoms with Crippen molar-refractivity contribution in [2.45, 2.75) is 20.0 Å². The van der Waals surface area contributed by atoms with E-state index in [1.54, 1.807) is 24.3 Å². The number of fused-ring (bicyclic) bond motifs is 1. The molecule has 2 heterocycles. The van der Waals surface area contributed by atoms with Crippen LogP contribution in [0.1, 0.15) is 36.2 Å². The first kappa shape index (κ1) is 18.1. The topological polar surface area (TPSA) is 96.9 Å². The first-order valence-corrected chi connectivity index (χ1v) is 8.90. The maximum Gasteiger partial charge on any atom is 0.416 e. The van der Waals surface area contributed by atoms with Crippen LogP contribution in [0.3, 0.4) is 0 Å². The number of para-hydroxylation sites is 1. The Morgan fingerprint density at radius 2 is 2.08 bits per heavy atom. The molecule has 1 unspecified atom stereocenters. The Morgan fingerprint density at radius 1 is 1.35 bits per heavy atom. The lowest BCUT2D eigenvalue weighted by Gasteiger charge is -2.07. The number of hydrogen-bond acceptors (Lipinski definition) is 6. The number of rotatable bonds is 5. The first-order chi connectivity index (χ1) is 12.4. The summed E-state index contributed by atoms with van der Waals surface area (Å²) in [7, 11) is 1.48. The predicted octanol–water partition coefficient (Wildman–Crippen LogP) is 3.71. The summed E-state index contributed by atoms with van der Waals surface area (Å²) in [5.74, 6) is 0.107. The summed E-state index contributed by atoms with van der Waals surface area (Å²) in [4.78, 5) is 20.8. The van der Waals surface area contributed by atoms with Gasteiger partial charge in [-0.25, -0.2) is 9.78 Å². The van der Waals surface area contributed by atoms with Gasteiger partial charge in [-0.15, -0.1) is 11.3 Å². The van der Waals surface area contributed by atoms with E-state index in [0.717, 1.165) is 4.57 Å². The lowest BCUT2D eigenvalue weighted by atomic mass is 10.1. The van der Waals surface area contributed by atoms with Crippen molar-refractivity contribution in [3.63, 3.8) is 0 Å². The lowest BCUT2D eigenvalue weighted by Crippen LogP contribution is -2.11. The molecule has 1 aromatic carbocycles. The van der Waals surface area contributed by atoms with E-state index in [2.05, 4.69) is 10.1 Å². The van der Waals surface area contributed by atoms with E-state index in [9.17, 15) is 15.0 Å². The van der Waals surface area contributed by atoms with Gasteiger partial charge in [0, 0.05) is 28.4 Å². The van der Waals surface area contributed by atoms with E-state index >= 15 is 0 Å². The molecule has 0 aliphatic carbocycles. The van der Waals surface area contributed by atoms with Crippen molar-refractivity contribution in [1.82, 2.24) is 9.55 Å². The molecular formula is C18H19N3O4S. The number of oxime groups is 1. The number of aromatic nitrogens is 2. The number of carboxylic acid groups (broad SMARTS) is 1. The summed E-state index contributed by atoms with van der Waals surface area (Å²) in [5, 5.41) is 27.2. The fourth-order valence-corrected chi connectivity index (χ4v) is 3.61. The van der Waals surface area contributed by atoms with Crippen LogP contribution in [-0.4, -0.2) is 38.7 Å². The molecule has 2 N–H and O–H groups in total. The van der Waals surface area contributed by atoms with Gasteiger partial charge in [-0.1, -0.05) is 37.2 Å². The monoisotopic (exact) mass is 373 g/mol. The maximum absolute atomic E-state index is 11.5. The standard InChI is InChI=1S/C18H19N3O4S/c1-10(2)15(20-25-3)13-9-26-17(19-13)16(22)12-8-21(18(23)24)14-7-5-4-6-11(12)14/h4-10,16,22H,1-3H3,(H,23,24)/b20-15-. The minimum Gasteiger partial charge on any atom is -0.464 e. The second kappa shape index (κ2) is 7.27. The van der Waals surface area contributed by atoms with Gasteiger partial charge in [-0.2, -0.15) is 0 Å². The highest BCUT2D eigenvalue weighted by Gasteiger charge is 2.23. The summed E-state index contributed by atoms with van der Waals surface area (Å²) in [6.45, 7) is 3.96. The van der Waals surface area contributed by atoms with E-state index in [0.29, 0.717) is 32.9 Å². The molecule has 0 bridgehead atoms. The van der Waals surface area contributed by atoms with Crippen molar-refractivity contribution in [2.75, 3.05) is 7.11 Å². The molecule has 136 valence electrons. The minimum atomic E-state index is -1.10. The van der Waals surface area contributed by atoms with E-state index in [1.165, 1.54) is 24.6 Å². The molecule has 0 saturated carbocycles. The SMILES string of the molecule is CO/N=C(\c1csc(C(O)c2cn(C(=O)O)c3ccccc23)n1)C(C)C. The molecule has 7 nitrogen and oxygen atoms in total. The zero-order valence-corrected chi connectivity index (χ0v) is 15.4. The highest BCUT2D eigenvalue weighted by molar-refractivity contribution is 7.10. The fourth-order valence-electron chi connectivity index (χ4n) is 2.79. The Kier molecular flexibility index (Phi) is 5.06. The van der Waals surface area contributed by atoms with Crippen LogP contribution in [0, 0.1) is 5.92 Å². The van der Waals surface area contributed by atoms with Crippen LogP contribution >= 0.6 is 11.3 Å². The second-order valence-corrected chi connectivity index (χ2v) is 6.93. The number of hydrogen-bond donors (Lipinski definition) is 2. The lowest BCUT2D eigenvalue weighted by molar-refractivity contribution is 0.197. The highest BCUT2D eigenvalue weighted by Crippen LogP contribution is 2.32. The Balaban J connectivity index is 2.04. The quantitative estimate of drug-likeness (QED) is 0.525. The van der Waals surface area contributed by atoms with Crippen LogP contribution in [0.25, 0.3) is 10.9 Å². The number of carbonyl (C=O) groups is 1. The van der Waals surface area contributed by atoms with Gasteiger partial charge in [-0.3, -0.25) is 4.57 Å². The van der Waals surface area contributed by atoms with Crippen LogP contribution in [0.15, 0.2) is 41.0 Å². The molecule has 0 spiro atoms. The fraction of sp³-hybridized carbons (Fsp3) is 0.278. The Hall–Kier alpha value is -2.71. The predicted molar refractivity (Wildman–Crippen MR) is 99.9 cm³/mol. The third kappa shape index (κ3) is 3.21. The van der Waals surface area contributed by atoms with Crippen LogP contribution in [0.5, 0.6) is 0 Å². The molecule has 26 heavy (non-hydrogen) atoms. The normalized spacial score (nSPS) is 13.3. The maximum atomic E-state index is 11.5. The molecule has 8 heteroatoms. The largest absolute Gasteiger partial charge is 0.464 e. The summed E-state index contributed by atoms with van der Waals surface area (Å²) < 4.78 is 1.11. The molecule has 0 saturated heterocycles. The van der Waals surface area contributed by atoms with E-state index in [4.69, 9.17) is 4.84 Å². The van der Waals surface area contributed by atoms with Crippen molar-refractivity contribution in [1.29, 1.82) is 0 Å². The van der Waals surface area contributed by atoms with Crippen LogP contribution in [0.4, 0.5) is 4.79 Å². The highest BCUT2D eigenvalue weighted by atomic mass is 32.1. The van der Waals surface area contributed by atoms with Gasteiger partial charge in [0.1, 0.15) is 23.9 Å². The first-order valence-electron chi connectivity index (χ1n) is 8.02. The molecule has 3 aromatic rings. The van der Waals surface area contributed by atoms with E-state index in [1.807, 2.05) is 19.2 Å². The summed E-state index contributed by atoms with van der Waals surface area (Å²) in [5.41, 5.74) is 2.35. The molecule has 0 radical (unpaired) electrons. The summed E-state index contributed by atoms with van der Waals surface area (Å²) >= 11 is 1.30. The van der Waals surface area contributed by atoms with Crippen molar-refractivity contribution < 1.29 is 19.8 Å². The van der Waals surface area contributed by atoms with Crippen molar-refractivity contribution in [2.24, 2.45) is 11.1 Å². The van der Waals surface area contributed by atoms with Crippen LogP contribution in [0.2, 0.25) is 0 Å². The van der Waals surface area contributed by atoms with Gasteiger partial charge >= 0.3 is 6.09 Å². The third-order valence-electron chi connectivity index (χ3n) is 4.00. The van der Waals surface area contributed by atoms with Crippen molar-refractivity contribution in [3.05, 3.63) is 52.1 Å². The third-order valence-corrected chi connectivity index (χ3v) is 4.90. The zero-order valence-electron chi connectivity index (χ0n) is 14.6. The van der Waals surface area contributed by atoms with Crippen molar-refractivity contribution >= 4 is 34.0 Å². The van der Waals surface area contributed by atoms with Gasteiger partial charge in [0.15, 0.2) is 0 Å². The number of aliphatic hydroxyl groups is 1. The van der Waals surface area contributed by atoms with Gasteiger partial charge in [0.2, 0.25) is 0 Å². The second-order valence-electron chi connectivity index (χ2n) is 6.04. The molecule has 1 atom stereocenters. The number of benzene rings is 1. The van der Waals surface area contributed by atoms with E-state index < -0.39 is 12.2 Å². The van der Waals surface area contributed by atoms with Crippen LogP contribution in [-0.2, 0) is 4.84 Å². The molecule has 3 rings (SSSR count). The Labute approximate surface area is 154 Å².